The lowest BCUT2D eigenvalue weighted by Crippen LogP contribution is -2.24. The minimum atomic E-state index is 0.459. The highest BCUT2D eigenvalue weighted by molar-refractivity contribution is 6.34. The lowest BCUT2D eigenvalue weighted by Gasteiger charge is -2.20. The SMILES string of the molecule is CN(C)CCCN(C)c1nnc(Cl)c2ccccc12. The van der Waals surface area contributed by atoms with E-state index in [1.165, 1.54) is 0 Å². The van der Waals surface area contributed by atoms with Crippen LogP contribution in [0.3, 0.4) is 0 Å². The maximum absolute atomic E-state index is 6.08. The molecule has 0 bridgehead atoms. The van der Waals surface area contributed by atoms with Gasteiger partial charge in [-0.05, 0) is 27.1 Å². The van der Waals surface area contributed by atoms with Gasteiger partial charge in [-0.15, -0.1) is 10.2 Å². The average Bonchev–Trinajstić information content (AvgIpc) is 2.39. The maximum atomic E-state index is 6.08. The Hall–Kier alpha value is -1.39. The van der Waals surface area contributed by atoms with Gasteiger partial charge in [0.1, 0.15) is 0 Å². The van der Waals surface area contributed by atoms with Crippen molar-refractivity contribution in [2.24, 2.45) is 0 Å². The van der Waals surface area contributed by atoms with Crippen molar-refractivity contribution in [1.82, 2.24) is 15.1 Å². The summed E-state index contributed by atoms with van der Waals surface area (Å²) in [6.45, 7) is 2.00. The molecule has 1 aromatic heterocycles. The highest BCUT2D eigenvalue weighted by Gasteiger charge is 2.10. The Morgan fingerprint density at radius 2 is 1.68 bits per heavy atom. The second kappa shape index (κ2) is 6.17. The van der Waals surface area contributed by atoms with Crippen LogP contribution in [0.4, 0.5) is 5.82 Å². The highest BCUT2D eigenvalue weighted by atomic mass is 35.5. The largest absolute Gasteiger partial charge is 0.358 e. The Balaban J connectivity index is 2.22. The molecule has 19 heavy (non-hydrogen) atoms. The molecule has 0 fully saturated rings. The Kier molecular flexibility index (Phi) is 4.56. The summed E-state index contributed by atoms with van der Waals surface area (Å²) in [5.74, 6) is 0.888. The predicted molar refractivity (Wildman–Crippen MR) is 81.0 cm³/mol. The van der Waals surface area contributed by atoms with Crippen molar-refractivity contribution in [2.45, 2.75) is 6.42 Å². The Bertz CT molecular complexity index is 556. The fraction of sp³-hybridized carbons (Fsp3) is 0.429. The number of halogens is 1. The van der Waals surface area contributed by atoms with Gasteiger partial charge in [-0.2, -0.15) is 0 Å². The van der Waals surface area contributed by atoms with Crippen molar-refractivity contribution in [2.75, 3.05) is 39.1 Å². The molecule has 0 amide bonds. The van der Waals surface area contributed by atoms with Gasteiger partial charge in [0.2, 0.25) is 0 Å². The number of aromatic nitrogens is 2. The first-order valence-electron chi connectivity index (χ1n) is 6.36. The van der Waals surface area contributed by atoms with Gasteiger partial charge in [0.25, 0.3) is 0 Å². The molecule has 0 aliphatic rings. The second-order valence-electron chi connectivity index (χ2n) is 4.94. The molecule has 1 heterocycles. The van der Waals surface area contributed by atoms with E-state index in [0.29, 0.717) is 5.15 Å². The van der Waals surface area contributed by atoms with Crippen LogP contribution in [0.5, 0.6) is 0 Å². The third-order valence-corrected chi connectivity index (χ3v) is 3.36. The van der Waals surface area contributed by atoms with Crippen LogP contribution in [0.15, 0.2) is 24.3 Å². The molecule has 0 spiro atoms. The van der Waals surface area contributed by atoms with E-state index in [-0.39, 0.29) is 0 Å². The first kappa shape index (κ1) is 14.0. The molecule has 0 aliphatic carbocycles. The van der Waals surface area contributed by atoms with Crippen molar-refractivity contribution in [3.63, 3.8) is 0 Å². The predicted octanol–water partition coefficient (Wildman–Crippen LogP) is 2.67. The monoisotopic (exact) mass is 278 g/mol. The number of fused-ring (bicyclic) bond motifs is 1. The summed E-state index contributed by atoms with van der Waals surface area (Å²) < 4.78 is 0. The van der Waals surface area contributed by atoms with Crippen LogP contribution < -0.4 is 4.90 Å². The minimum Gasteiger partial charge on any atom is -0.358 e. The van der Waals surface area contributed by atoms with Crippen molar-refractivity contribution < 1.29 is 0 Å². The lowest BCUT2D eigenvalue weighted by molar-refractivity contribution is 0.401. The molecule has 1 aromatic carbocycles. The van der Waals surface area contributed by atoms with E-state index < -0.39 is 0 Å². The molecule has 0 aliphatic heterocycles. The zero-order valence-corrected chi connectivity index (χ0v) is 12.4. The number of hydrogen-bond donors (Lipinski definition) is 0. The van der Waals surface area contributed by atoms with Crippen LogP contribution in [-0.4, -0.2) is 49.3 Å². The van der Waals surface area contributed by atoms with E-state index in [1.807, 2.05) is 31.3 Å². The van der Waals surface area contributed by atoms with Gasteiger partial charge in [-0.3, -0.25) is 0 Å². The third-order valence-electron chi connectivity index (χ3n) is 3.08. The Morgan fingerprint density at radius 1 is 1.00 bits per heavy atom. The summed E-state index contributed by atoms with van der Waals surface area (Å²) in [5.41, 5.74) is 0. The highest BCUT2D eigenvalue weighted by Crippen LogP contribution is 2.27. The molecule has 2 aromatic rings. The molecule has 0 saturated carbocycles. The molecular weight excluding hydrogens is 260 g/mol. The quantitative estimate of drug-likeness (QED) is 0.842. The van der Waals surface area contributed by atoms with Gasteiger partial charge < -0.3 is 9.80 Å². The van der Waals surface area contributed by atoms with Gasteiger partial charge in [-0.25, -0.2) is 0 Å². The fourth-order valence-electron chi connectivity index (χ4n) is 2.07. The van der Waals surface area contributed by atoms with Crippen LogP contribution in [-0.2, 0) is 0 Å². The summed E-state index contributed by atoms with van der Waals surface area (Å²) in [4.78, 5) is 4.31. The van der Waals surface area contributed by atoms with E-state index in [2.05, 4.69) is 34.1 Å². The van der Waals surface area contributed by atoms with E-state index in [1.54, 1.807) is 0 Å². The molecule has 0 atom stereocenters. The molecule has 0 N–H and O–H groups in total. The zero-order valence-electron chi connectivity index (χ0n) is 11.6. The van der Waals surface area contributed by atoms with Gasteiger partial charge in [0.15, 0.2) is 11.0 Å². The van der Waals surface area contributed by atoms with Gasteiger partial charge in [0.05, 0.1) is 0 Å². The van der Waals surface area contributed by atoms with Crippen molar-refractivity contribution >= 4 is 28.2 Å². The molecule has 0 radical (unpaired) electrons. The topological polar surface area (TPSA) is 32.3 Å². The molecule has 5 heteroatoms. The number of benzene rings is 1. The number of rotatable bonds is 5. The molecule has 4 nitrogen and oxygen atoms in total. The lowest BCUT2D eigenvalue weighted by atomic mass is 10.2. The molecular formula is C14H19ClN4. The normalized spacial score (nSPS) is 11.2. The van der Waals surface area contributed by atoms with Gasteiger partial charge in [0, 0.05) is 24.4 Å². The van der Waals surface area contributed by atoms with Crippen LogP contribution in [0.25, 0.3) is 10.8 Å². The first-order valence-corrected chi connectivity index (χ1v) is 6.74. The number of nitrogens with zero attached hydrogens (tertiary/aromatic N) is 4. The third kappa shape index (κ3) is 3.33. The fourth-order valence-corrected chi connectivity index (χ4v) is 2.27. The standard InChI is InChI=1S/C14H19ClN4/c1-18(2)9-6-10-19(3)14-12-8-5-4-7-11(12)13(15)16-17-14/h4-5,7-8H,6,9-10H2,1-3H3. The summed E-state index contributed by atoms with van der Waals surface area (Å²) >= 11 is 6.08. The maximum Gasteiger partial charge on any atom is 0.159 e. The molecule has 0 saturated heterocycles. The zero-order chi connectivity index (χ0) is 13.8. The van der Waals surface area contributed by atoms with E-state index >= 15 is 0 Å². The summed E-state index contributed by atoms with van der Waals surface area (Å²) in [7, 11) is 6.20. The Labute approximate surface area is 119 Å². The van der Waals surface area contributed by atoms with E-state index in [0.717, 1.165) is 36.1 Å². The Morgan fingerprint density at radius 3 is 2.37 bits per heavy atom. The first-order chi connectivity index (χ1) is 9.09. The van der Waals surface area contributed by atoms with Crippen molar-refractivity contribution in [3.05, 3.63) is 29.4 Å². The van der Waals surface area contributed by atoms with E-state index in [9.17, 15) is 0 Å². The molecule has 2 rings (SSSR count). The smallest absolute Gasteiger partial charge is 0.159 e. The second-order valence-corrected chi connectivity index (χ2v) is 5.30. The average molecular weight is 279 g/mol. The number of hydrogen-bond acceptors (Lipinski definition) is 4. The molecule has 102 valence electrons. The molecule has 0 unspecified atom stereocenters. The van der Waals surface area contributed by atoms with Crippen LogP contribution in [0.1, 0.15) is 6.42 Å². The van der Waals surface area contributed by atoms with Crippen molar-refractivity contribution in [1.29, 1.82) is 0 Å². The van der Waals surface area contributed by atoms with Crippen LogP contribution in [0.2, 0.25) is 5.15 Å². The van der Waals surface area contributed by atoms with Crippen LogP contribution in [0, 0.1) is 0 Å². The van der Waals surface area contributed by atoms with Crippen molar-refractivity contribution in [3.8, 4) is 0 Å². The summed E-state index contributed by atoms with van der Waals surface area (Å²) in [6, 6.07) is 7.97. The minimum absolute atomic E-state index is 0.459. The van der Waals surface area contributed by atoms with Gasteiger partial charge in [-0.1, -0.05) is 35.9 Å². The van der Waals surface area contributed by atoms with Crippen LogP contribution >= 0.6 is 11.6 Å². The van der Waals surface area contributed by atoms with Gasteiger partial charge >= 0.3 is 0 Å². The summed E-state index contributed by atoms with van der Waals surface area (Å²) in [5, 5.41) is 10.7. The van der Waals surface area contributed by atoms with E-state index in [4.69, 9.17) is 11.6 Å². The summed E-state index contributed by atoms with van der Waals surface area (Å²) in [6.07, 6.45) is 1.09. The number of anilines is 1.